The number of hydrogen-bond acceptors (Lipinski definition) is 7. The number of rotatable bonds is 5. The molecule has 1 saturated heterocycles. The van der Waals surface area contributed by atoms with Gasteiger partial charge < -0.3 is 15.4 Å². The lowest BCUT2D eigenvalue weighted by Crippen LogP contribution is -2.31. The van der Waals surface area contributed by atoms with E-state index in [0.29, 0.717) is 33.1 Å². The zero-order valence-corrected chi connectivity index (χ0v) is 18.7. The van der Waals surface area contributed by atoms with Gasteiger partial charge in [-0.05, 0) is 62.1 Å². The highest BCUT2D eigenvalue weighted by Crippen LogP contribution is 2.26. The quantitative estimate of drug-likeness (QED) is 0.483. The van der Waals surface area contributed by atoms with E-state index in [1.165, 1.54) is 15.9 Å². The number of ether oxygens (including phenoxy) is 1. The molecule has 2 aromatic heterocycles. The van der Waals surface area contributed by atoms with Crippen molar-refractivity contribution in [2.24, 2.45) is 0 Å². The summed E-state index contributed by atoms with van der Waals surface area (Å²) in [5.41, 5.74) is 3.82. The van der Waals surface area contributed by atoms with E-state index in [4.69, 9.17) is 4.74 Å². The number of hydrogen-bond donors (Lipinski definition) is 2. The first-order valence-electron chi connectivity index (χ1n) is 10.6. The molecule has 164 valence electrons. The van der Waals surface area contributed by atoms with Crippen molar-refractivity contribution in [3.63, 3.8) is 0 Å². The predicted octanol–water partition coefficient (Wildman–Crippen LogP) is 3.57. The van der Waals surface area contributed by atoms with Crippen molar-refractivity contribution in [2.45, 2.75) is 32.8 Å². The molecule has 0 bridgehead atoms. The zero-order chi connectivity index (χ0) is 22.2. The standard InChI is InChI=1S/C23H23N5O3S/c1-13-5-6-14(2)18(10-13)25-22-27-28-21(30)17-8-7-15(11-19(17)26-23(28)32-22)20(29)24-12-16-4-3-9-31-16/h5-8,10-11,16H,3-4,9,12H2,1-2H3,(H,24,29)(H,25,27). The van der Waals surface area contributed by atoms with Crippen LogP contribution in [0.4, 0.5) is 10.8 Å². The minimum Gasteiger partial charge on any atom is -0.376 e. The Morgan fingerprint density at radius 3 is 2.94 bits per heavy atom. The second-order valence-corrected chi connectivity index (χ2v) is 8.99. The van der Waals surface area contributed by atoms with Gasteiger partial charge in [-0.25, -0.2) is 4.98 Å². The molecule has 4 aromatic rings. The van der Waals surface area contributed by atoms with E-state index in [-0.39, 0.29) is 17.6 Å². The van der Waals surface area contributed by atoms with Gasteiger partial charge in [0.25, 0.3) is 11.5 Å². The molecule has 1 amide bonds. The molecule has 1 aliphatic heterocycles. The van der Waals surface area contributed by atoms with Gasteiger partial charge >= 0.3 is 0 Å². The maximum atomic E-state index is 13.0. The molecule has 2 aromatic carbocycles. The molecule has 1 aliphatic rings. The van der Waals surface area contributed by atoms with Crippen LogP contribution in [0.25, 0.3) is 15.9 Å². The van der Waals surface area contributed by atoms with Gasteiger partial charge in [0.15, 0.2) is 0 Å². The molecule has 1 fully saturated rings. The monoisotopic (exact) mass is 449 g/mol. The van der Waals surface area contributed by atoms with Gasteiger partial charge in [0.2, 0.25) is 10.1 Å². The summed E-state index contributed by atoms with van der Waals surface area (Å²) in [6, 6.07) is 11.1. The minimum absolute atomic E-state index is 0.0713. The Bertz CT molecular complexity index is 1390. The second-order valence-electron chi connectivity index (χ2n) is 8.04. The summed E-state index contributed by atoms with van der Waals surface area (Å²) >= 11 is 1.29. The number of aryl methyl sites for hydroxylation is 2. The van der Waals surface area contributed by atoms with Crippen LogP contribution in [0, 0.1) is 13.8 Å². The van der Waals surface area contributed by atoms with Gasteiger partial charge in [-0.3, -0.25) is 9.59 Å². The van der Waals surface area contributed by atoms with Crippen LogP contribution in [0.3, 0.4) is 0 Å². The lowest BCUT2D eigenvalue weighted by molar-refractivity contribution is 0.0858. The molecule has 0 spiro atoms. The van der Waals surface area contributed by atoms with Crippen LogP contribution in [0.1, 0.15) is 34.3 Å². The Kier molecular flexibility index (Phi) is 5.36. The molecule has 0 saturated carbocycles. The van der Waals surface area contributed by atoms with Crippen molar-refractivity contribution in [1.82, 2.24) is 19.9 Å². The Hall–Kier alpha value is -3.30. The molecule has 1 unspecified atom stereocenters. The number of amides is 1. The fourth-order valence-corrected chi connectivity index (χ4v) is 4.61. The smallest absolute Gasteiger partial charge is 0.283 e. The molecule has 9 heteroatoms. The van der Waals surface area contributed by atoms with Crippen molar-refractivity contribution in [3.05, 3.63) is 63.4 Å². The van der Waals surface area contributed by atoms with Gasteiger partial charge in [0, 0.05) is 24.4 Å². The first-order valence-corrected chi connectivity index (χ1v) is 11.4. The number of nitrogens with one attached hydrogen (secondary N) is 2. The average Bonchev–Trinajstić information content (AvgIpc) is 3.44. The molecule has 2 N–H and O–H groups in total. The number of aromatic nitrogens is 3. The van der Waals surface area contributed by atoms with Gasteiger partial charge in [-0.15, -0.1) is 5.10 Å². The summed E-state index contributed by atoms with van der Waals surface area (Å²) in [5.74, 6) is -0.203. The highest BCUT2D eigenvalue weighted by atomic mass is 32.1. The Balaban J connectivity index is 1.44. The number of nitrogens with zero attached hydrogens (tertiary/aromatic N) is 3. The van der Waals surface area contributed by atoms with Crippen LogP contribution in [-0.2, 0) is 4.74 Å². The fraction of sp³-hybridized carbons (Fsp3) is 0.304. The fourth-order valence-electron chi connectivity index (χ4n) is 3.80. The van der Waals surface area contributed by atoms with Crippen molar-refractivity contribution >= 4 is 43.9 Å². The lowest BCUT2D eigenvalue weighted by Gasteiger charge is -2.11. The molecular weight excluding hydrogens is 426 g/mol. The normalized spacial score (nSPS) is 16.0. The van der Waals surface area contributed by atoms with E-state index in [1.807, 2.05) is 32.0 Å². The highest BCUT2D eigenvalue weighted by Gasteiger charge is 2.18. The molecule has 3 heterocycles. The topological polar surface area (TPSA) is 97.6 Å². The van der Waals surface area contributed by atoms with Gasteiger partial charge in [0.05, 0.1) is 17.0 Å². The number of benzene rings is 2. The van der Waals surface area contributed by atoms with Crippen LogP contribution >= 0.6 is 11.3 Å². The second kappa shape index (κ2) is 8.33. The summed E-state index contributed by atoms with van der Waals surface area (Å²) < 4.78 is 6.85. The van der Waals surface area contributed by atoms with Crippen LogP contribution < -0.4 is 16.2 Å². The van der Waals surface area contributed by atoms with Crippen molar-refractivity contribution in [2.75, 3.05) is 18.5 Å². The number of fused-ring (bicyclic) bond motifs is 2. The van der Waals surface area contributed by atoms with E-state index in [9.17, 15) is 9.59 Å². The van der Waals surface area contributed by atoms with Gasteiger partial charge in [-0.2, -0.15) is 4.52 Å². The number of carbonyl (C=O) groups is 1. The summed E-state index contributed by atoms with van der Waals surface area (Å²) in [6.07, 6.45) is 2.05. The maximum absolute atomic E-state index is 13.0. The van der Waals surface area contributed by atoms with Gasteiger partial charge in [-0.1, -0.05) is 23.5 Å². The third-order valence-electron chi connectivity index (χ3n) is 5.61. The SMILES string of the molecule is Cc1ccc(C)c(Nc2nn3c(=O)c4ccc(C(=O)NCC5CCCO5)cc4nc3s2)c1. The third-order valence-corrected chi connectivity index (χ3v) is 6.43. The molecule has 0 radical (unpaired) electrons. The summed E-state index contributed by atoms with van der Waals surface area (Å²) in [6.45, 7) is 5.26. The van der Waals surface area contributed by atoms with Crippen LogP contribution in [0.5, 0.6) is 0 Å². The first-order chi connectivity index (χ1) is 15.5. The molecule has 0 aliphatic carbocycles. The lowest BCUT2D eigenvalue weighted by atomic mass is 10.1. The van der Waals surface area contributed by atoms with E-state index in [0.717, 1.165) is 36.3 Å². The van der Waals surface area contributed by atoms with E-state index in [2.05, 4.69) is 20.7 Å². The minimum atomic E-state index is -0.262. The van der Waals surface area contributed by atoms with Gasteiger partial charge in [0.1, 0.15) is 0 Å². The van der Waals surface area contributed by atoms with E-state index in [1.54, 1.807) is 18.2 Å². The average molecular weight is 450 g/mol. The highest BCUT2D eigenvalue weighted by molar-refractivity contribution is 7.20. The molecule has 8 nitrogen and oxygen atoms in total. The van der Waals surface area contributed by atoms with Crippen LogP contribution in [0.2, 0.25) is 0 Å². The maximum Gasteiger partial charge on any atom is 0.283 e. The number of anilines is 2. The van der Waals surface area contributed by atoms with E-state index < -0.39 is 0 Å². The van der Waals surface area contributed by atoms with Crippen LogP contribution in [-0.4, -0.2) is 39.8 Å². The Morgan fingerprint density at radius 1 is 1.25 bits per heavy atom. The van der Waals surface area contributed by atoms with Crippen molar-refractivity contribution in [1.29, 1.82) is 0 Å². The molecular formula is C23H23N5O3S. The Labute approximate surface area is 188 Å². The predicted molar refractivity (Wildman–Crippen MR) is 125 cm³/mol. The summed E-state index contributed by atoms with van der Waals surface area (Å²) in [4.78, 5) is 30.6. The van der Waals surface area contributed by atoms with Crippen molar-refractivity contribution < 1.29 is 9.53 Å². The largest absolute Gasteiger partial charge is 0.376 e. The molecule has 5 rings (SSSR count). The molecule has 32 heavy (non-hydrogen) atoms. The number of carbonyl (C=O) groups excluding carboxylic acids is 1. The summed E-state index contributed by atoms with van der Waals surface area (Å²) in [7, 11) is 0. The Morgan fingerprint density at radius 2 is 2.12 bits per heavy atom. The third kappa shape index (κ3) is 3.96. The summed E-state index contributed by atoms with van der Waals surface area (Å²) in [5, 5.41) is 11.6. The molecule has 1 atom stereocenters. The first kappa shape index (κ1) is 20.6. The van der Waals surface area contributed by atoms with E-state index >= 15 is 0 Å². The van der Waals surface area contributed by atoms with Crippen molar-refractivity contribution in [3.8, 4) is 0 Å². The van der Waals surface area contributed by atoms with Crippen LogP contribution in [0.15, 0.2) is 41.2 Å². The zero-order valence-electron chi connectivity index (χ0n) is 17.8.